The number of hydrogen-bond acceptors (Lipinski definition) is 1. The summed E-state index contributed by atoms with van der Waals surface area (Å²) < 4.78 is 0. The number of halogens is 2. The summed E-state index contributed by atoms with van der Waals surface area (Å²) in [5, 5.41) is 0. The van der Waals surface area contributed by atoms with Crippen LogP contribution in [0.2, 0.25) is 0 Å². The molecule has 1 nitrogen and oxygen atoms in total. The normalized spacial score (nSPS) is 17.1. The molecule has 0 unspecified atom stereocenters. The van der Waals surface area contributed by atoms with E-state index >= 15 is 0 Å². The lowest BCUT2D eigenvalue weighted by atomic mass is 10.1. The van der Waals surface area contributed by atoms with Crippen LogP contribution < -0.4 is 5.73 Å². The maximum atomic E-state index is 5.97. The highest BCUT2D eigenvalue weighted by atomic mass is 35.5. The molecule has 1 aliphatic rings. The molecule has 0 amide bonds. The summed E-state index contributed by atoms with van der Waals surface area (Å²) in [7, 11) is 0. The minimum absolute atomic E-state index is 0. The summed E-state index contributed by atoms with van der Waals surface area (Å²) in [5.41, 5.74) is 7.30. The van der Waals surface area contributed by atoms with Crippen molar-refractivity contribution in [2.45, 2.75) is 18.4 Å². The quantitative estimate of drug-likeness (QED) is 0.750. The van der Waals surface area contributed by atoms with E-state index < -0.39 is 0 Å². The summed E-state index contributed by atoms with van der Waals surface area (Å²) in [5.74, 6) is 0. The van der Waals surface area contributed by atoms with Crippen LogP contribution in [0.15, 0.2) is 30.3 Å². The molecule has 68 valence electrons. The Morgan fingerprint density at radius 2 is 1.50 bits per heavy atom. The van der Waals surface area contributed by atoms with Gasteiger partial charge in [-0.2, -0.15) is 0 Å². The fraction of sp³-hybridized carbons (Fsp3) is 0.333. The lowest BCUT2D eigenvalue weighted by Crippen LogP contribution is -2.18. The van der Waals surface area contributed by atoms with E-state index in [0.29, 0.717) is 0 Å². The third-order valence-corrected chi connectivity index (χ3v) is 2.14. The Balaban J connectivity index is 0.000000605. The molecule has 1 saturated carbocycles. The van der Waals surface area contributed by atoms with Crippen LogP contribution in [0.4, 0.5) is 0 Å². The highest BCUT2D eigenvalue weighted by Crippen LogP contribution is 2.42. The van der Waals surface area contributed by atoms with Crippen molar-refractivity contribution in [1.82, 2.24) is 0 Å². The zero-order valence-electron chi connectivity index (χ0n) is 6.69. The first-order valence-corrected chi connectivity index (χ1v) is 3.66. The van der Waals surface area contributed by atoms with Gasteiger partial charge in [-0.25, -0.2) is 0 Å². The van der Waals surface area contributed by atoms with Crippen LogP contribution >= 0.6 is 24.8 Å². The molecule has 12 heavy (non-hydrogen) atoms. The van der Waals surface area contributed by atoms with E-state index in [4.69, 9.17) is 5.73 Å². The van der Waals surface area contributed by atoms with Gasteiger partial charge in [-0.3, -0.25) is 0 Å². The molecule has 3 heteroatoms. The summed E-state index contributed by atoms with van der Waals surface area (Å²) in [6.07, 6.45) is 2.30. The molecule has 1 aromatic rings. The zero-order chi connectivity index (χ0) is 7.03. The zero-order valence-corrected chi connectivity index (χ0v) is 8.33. The van der Waals surface area contributed by atoms with Gasteiger partial charge in [-0.05, 0) is 18.4 Å². The van der Waals surface area contributed by atoms with Crippen molar-refractivity contribution in [2.75, 3.05) is 0 Å². The van der Waals surface area contributed by atoms with Gasteiger partial charge in [-0.15, -0.1) is 24.8 Å². The summed E-state index contributed by atoms with van der Waals surface area (Å²) in [6.45, 7) is 0. The smallest absolute Gasteiger partial charge is 0.0411 e. The monoisotopic (exact) mass is 205 g/mol. The molecule has 0 aromatic heterocycles. The third-order valence-electron chi connectivity index (χ3n) is 2.14. The maximum Gasteiger partial charge on any atom is 0.0411 e. The van der Waals surface area contributed by atoms with E-state index in [1.807, 2.05) is 18.2 Å². The molecule has 1 aromatic carbocycles. The molecule has 2 rings (SSSR count). The van der Waals surface area contributed by atoms with Gasteiger partial charge in [0.15, 0.2) is 0 Å². The van der Waals surface area contributed by atoms with Gasteiger partial charge in [0.05, 0.1) is 0 Å². The first-order chi connectivity index (χ1) is 4.81. The molecular formula is C9H13Cl2N. The predicted octanol–water partition coefficient (Wildman–Crippen LogP) is 2.48. The minimum Gasteiger partial charge on any atom is -0.321 e. The minimum atomic E-state index is 0. The Kier molecular flexibility index (Phi) is 4.04. The number of nitrogens with two attached hydrogens (primary N) is 1. The number of rotatable bonds is 1. The molecule has 0 heterocycles. The molecular weight excluding hydrogens is 193 g/mol. The van der Waals surface area contributed by atoms with Crippen LogP contribution in [0.1, 0.15) is 18.4 Å². The summed E-state index contributed by atoms with van der Waals surface area (Å²) >= 11 is 0. The molecule has 0 bridgehead atoms. The van der Waals surface area contributed by atoms with Crippen molar-refractivity contribution in [3.05, 3.63) is 35.9 Å². The van der Waals surface area contributed by atoms with Gasteiger partial charge < -0.3 is 5.73 Å². The second-order valence-electron chi connectivity index (χ2n) is 3.02. The highest BCUT2D eigenvalue weighted by molar-refractivity contribution is 5.85. The fourth-order valence-electron chi connectivity index (χ4n) is 1.19. The molecule has 1 aliphatic carbocycles. The van der Waals surface area contributed by atoms with Crippen LogP contribution in [0.25, 0.3) is 0 Å². The first-order valence-electron chi connectivity index (χ1n) is 3.66. The van der Waals surface area contributed by atoms with Gasteiger partial charge in [0, 0.05) is 5.54 Å². The van der Waals surface area contributed by atoms with Gasteiger partial charge in [0.2, 0.25) is 0 Å². The van der Waals surface area contributed by atoms with E-state index in [-0.39, 0.29) is 30.4 Å². The Morgan fingerprint density at radius 1 is 1.00 bits per heavy atom. The standard InChI is InChI=1S/C9H11N.2ClH/c10-9(6-7-9)8-4-2-1-3-5-8;;/h1-5H,6-7,10H2;2*1H. The van der Waals surface area contributed by atoms with E-state index in [1.54, 1.807) is 0 Å². The van der Waals surface area contributed by atoms with Gasteiger partial charge in [0.1, 0.15) is 0 Å². The SMILES string of the molecule is Cl.Cl.NC1(c2ccccc2)CC1. The molecule has 0 radical (unpaired) electrons. The van der Waals surface area contributed by atoms with Crippen LogP contribution in [0.3, 0.4) is 0 Å². The second kappa shape index (κ2) is 4.13. The average molecular weight is 206 g/mol. The van der Waals surface area contributed by atoms with Gasteiger partial charge >= 0.3 is 0 Å². The van der Waals surface area contributed by atoms with Gasteiger partial charge in [0.25, 0.3) is 0 Å². The number of benzene rings is 1. The van der Waals surface area contributed by atoms with Crippen molar-refractivity contribution in [1.29, 1.82) is 0 Å². The Bertz CT molecular complexity index is 232. The molecule has 2 N–H and O–H groups in total. The molecule has 0 atom stereocenters. The molecule has 0 aliphatic heterocycles. The molecule has 0 saturated heterocycles. The Hall–Kier alpha value is -0.240. The maximum absolute atomic E-state index is 5.97. The van der Waals surface area contributed by atoms with E-state index in [2.05, 4.69) is 12.1 Å². The topological polar surface area (TPSA) is 26.0 Å². The van der Waals surface area contributed by atoms with Crippen LogP contribution in [-0.4, -0.2) is 0 Å². The fourth-order valence-corrected chi connectivity index (χ4v) is 1.19. The predicted molar refractivity (Wildman–Crippen MR) is 56.0 cm³/mol. The molecule has 0 spiro atoms. The highest BCUT2D eigenvalue weighted by Gasteiger charge is 2.39. The first kappa shape index (κ1) is 11.8. The van der Waals surface area contributed by atoms with Crippen molar-refractivity contribution < 1.29 is 0 Å². The van der Waals surface area contributed by atoms with Crippen molar-refractivity contribution in [3.63, 3.8) is 0 Å². The van der Waals surface area contributed by atoms with Crippen molar-refractivity contribution in [2.24, 2.45) is 5.73 Å². The van der Waals surface area contributed by atoms with Crippen LogP contribution in [-0.2, 0) is 5.54 Å². The van der Waals surface area contributed by atoms with E-state index in [1.165, 1.54) is 5.56 Å². The van der Waals surface area contributed by atoms with E-state index in [0.717, 1.165) is 12.8 Å². The van der Waals surface area contributed by atoms with E-state index in [9.17, 15) is 0 Å². The largest absolute Gasteiger partial charge is 0.321 e. The van der Waals surface area contributed by atoms with Crippen molar-refractivity contribution in [3.8, 4) is 0 Å². The summed E-state index contributed by atoms with van der Waals surface area (Å²) in [6, 6.07) is 10.3. The lowest BCUT2D eigenvalue weighted by Gasteiger charge is -2.06. The third kappa shape index (κ3) is 2.13. The average Bonchev–Trinajstić information content (AvgIpc) is 2.72. The summed E-state index contributed by atoms with van der Waals surface area (Å²) in [4.78, 5) is 0. The Morgan fingerprint density at radius 3 is 1.92 bits per heavy atom. The van der Waals surface area contributed by atoms with Crippen molar-refractivity contribution >= 4 is 24.8 Å². The number of hydrogen-bond donors (Lipinski definition) is 1. The molecule has 1 fully saturated rings. The van der Waals surface area contributed by atoms with Gasteiger partial charge in [-0.1, -0.05) is 30.3 Å². The van der Waals surface area contributed by atoms with Crippen LogP contribution in [0.5, 0.6) is 0 Å². The van der Waals surface area contributed by atoms with Crippen LogP contribution in [0, 0.1) is 0 Å². The Labute approximate surface area is 85.2 Å². The lowest BCUT2D eigenvalue weighted by molar-refractivity contribution is 0.740. The second-order valence-corrected chi connectivity index (χ2v) is 3.02.